The van der Waals surface area contributed by atoms with Crippen molar-refractivity contribution in [3.8, 4) is 11.5 Å². The number of amides is 2. The van der Waals surface area contributed by atoms with Gasteiger partial charge in [-0.1, -0.05) is 60.7 Å². The van der Waals surface area contributed by atoms with Crippen molar-refractivity contribution in [3.63, 3.8) is 0 Å². The van der Waals surface area contributed by atoms with Crippen LogP contribution in [0.2, 0.25) is 0 Å². The molecular weight excluding hydrogens is 478 g/mol. The number of carbonyl (C=O) groups excluding carboxylic acids is 2. The SMILES string of the molecule is O=C(CCc1ccccc1)Nc1cccc(NCC(=O)Nc2cccc(OCCOc3ccccc3)c2)c1. The van der Waals surface area contributed by atoms with Gasteiger partial charge in [-0.2, -0.15) is 0 Å². The van der Waals surface area contributed by atoms with Gasteiger partial charge in [-0.25, -0.2) is 0 Å². The van der Waals surface area contributed by atoms with Gasteiger partial charge in [0.2, 0.25) is 11.8 Å². The Bertz CT molecular complexity index is 1310. The predicted molar refractivity (Wildman–Crippen MR) is 151 cm³/mol. The average Bonchev–Trinajstić information content (AvgIpc) is 2.95. The molecule has 2 amide bonds. The molecule has 4 aromatic carbocycles. The second-order valence-electron chi connectivity index (χ2n) is 8.55. The quantitative estimate of drug-likeness (QED) is 0.199. The average molecular weight is 510 g/mol. The lowest BCUT2D eigenvalue weighted by Crippen LogP contribution is -2.21. The van der Waals surface area contributed by atoms with Gasteiger partial charge >= 0.3 is 0 Å². The number of aryl methyl sites for hydroxylation is 1. The molecule has 0 saturated carbocycles. The molecule has 7 nitrogen and oxygen atoms in total. The number of para-hydroxylation sites is 1. The van der Waals surface area contributed by atoms with Crippen molar-refractivity contribution in [2.45, 2.75) is 12.8 Å². The Morgan fingerprint density at radius 3 is 1.92 bits per heavy atom. The molecule has 0 unspecified atom stereocenters. The molecule has 7 heteroatoms. The molecule has 0 atom stereocenters. The summed E-state index contributed by atoms with van der Waals surface area (Å²) >= 11 is 0. The Morgan fingerprint density at radius 2 is 1.16 bits per heavy atom. The molecule has 0 radical (unpaired) electrons. The summed E-state index contributed by atoms with van der Waals surface area (Å²) in [5, 5.41) is 8.88. The van der Waals surface area contributed by atoms with E-state index in [1.165, 1.54) is 0 Å². The zero-order valence-electron chi connectivity index (χ0n) is 21.1. The summed E-state index contributed by atoms with van der Waals surface area (Å²) in [5.74, 6) is 1.17. The minimum absolute atomic E-state index is 0.0579. The number of anilines is 3. The van der Waals surface area contributed by atoms with Crippen LogP contribution in [0.3, 0.4) is 0 Å². The Hall–Kier alpha value is -4.78. The molecule has 0 bridgehead atoms. The summed E-state index contributed by atoms with van der Waals surface area (Å²) in [6, 6.07) is 34.0. The Balaban J connectivity index is 1.18. The number of ether oxygens (including phenoxy) is 2. The van der Waals surface area contributed by atoms with E-state index in [0.29, 0.717) is 43.2 Å². The number of benzene rings is 4. The van der Waals surface area contributed by atoms with Crippen LogP contribution >= 0.6 is 0 Å². The lowest BCUT2D eigenvalue weighted by molar-refractivity contribution is -0.116. The van der Waals surface area contributed by atoms with Gasteiger partial charge in [0.25, 0.3) is 0 Å². The molecule has 3 N–H and O–H groups in total. The van der Waals surface area contributed by atoms with Crippen molar-refractivity contribution in [1.82, 2.24) is 0 Å². The number of hydrogen-bond donors (Lipinski definition) is 3. The van der Waals surface area contributed by atoms with E-state index < -0.39 is 0 Å². The first-order valence-corrected chi connectivity index (χ1v) is 12.5. The highest BCUT2D eigenvalue weighted by molar-refractivity contribution is 5.94. The third-order valence-corrected chi connectivity index (χ3v) is 5.56. The van der Waals surface area contributed by atoms with Crippen molar-refractivity contribution < 1.29 is 19.1 Å². The topological polar surface area (TPSA) is 88.7 Å². The first-order valence-electron chi connectivity index (χ1n) is 12.5. The Labute approximate surface area is 222 Å². The molecule has 0 spiro atoms. The van der Waals surface area contributed by atoms with E-state index in [4.69, 9.17) is 9.47 Å². The smallest absolute Gasteiger partial charge is 0.243 e. The molecule has 0 heterocycles. The highest BCUT2D eigenvalue weighted by Crippen LogP contribution is 2.19. The molecule has 4 rings (SSSR count). The number of rotatable bonds is 13. The van der Waals surface area contributed by atoms with Crippen molar-refractivity contribution in [3.05, 3.63) is 115 Å². The molecule has 0 aliphatic heterocycles. The van der Waals surface area contributed by atoms with Crippen molar-refractivity contribution in [2.75, 3.05) is 35.7 Å². The summed E-state index contributed by atoms with van der Waals surface area (Å²) < 4.78 is 11.4. The lowest BCUT2D eigenvalue weighted by atomic mass is 10.1. The summed E-state index contributed by atoms with van der Waals surface area (Å²) in [7, 11) is 0. The van der Waals surface area contributed by atoms with Crippen molar-refractivity contribution in [1.29, 1.82) is 0 Å². The van der Waals surface area contributed by atoms with Crippen LogP contribution in [0.25, 0.3) is 0 Å². The Morgan fingerprint density at radius 1 is 0.579 bits per heavy atom. The van der Waals surface area contributed by atoms with Crippen LogP contribution in [0.15, 0.2) is 109 Å². The van der Waals surface area contributed by atoms with Crippen LogP contribution in [0, 0.1) is 0 Å². The highest BCUT2D eigenvalue weighted by Gasteiger charge is 2.07. The number of carbonyl (C=O) groups is 2. The third-order valence-electron chi connectivity index (χ3n) is 5.56. The maximum atomic E-state index is 12.5. The van der Waals surface area contributed by atoms with E-state index >= 15 is 0 Å². The van der Waals surface area contributed by atoms with Crippen LogP contribution in [0.1, 0.15) is 12.0 Å². The van der Waals surface area contributed by atoms with Gasteiger partial charge in [-0.3, -0.25) is 9.59 Å². The normalized spacial score (nSPS) is 10.3. The van der Waals surface area contributed by atoms with Gasteiger partial charge in [0.15, 0.2) is 0 Å². The van der Waals surface area contributed by atoms with Crippen LogP contribution in [0.4, 0.5) is 17.1 Å². The van der Waals surface area contributed by atoms with E-state index in [1.807, 2.05) is 91.0 Å². The number of nitrogens with one attached hydrogen (secondary N) is 3. The van der Waals surface area contributed by atoms with Crippen molar-refractivity contribution in [2.24, 2.45) is 0 Å². The number of hydrogen-bond acceptors (Lipinski definition) is 5. The zero-order chi connectivity index (χ0) is 26.4. The van der Waals surface area contributed by atoms with E-state index in [0.717, 1.165) is 17.0 Å². The molecule has 0 aliphatic carbocycles. The standard InChI is InChI=1S/C31H31N3O4/c35-30(18-17-24-9-3-1-4-10-24)33-26-12-7-11-25(21-26)32-23-31(36)34-27-13-8-16-29(22-27)38-20-19-37-28-14-5-2-6-15-28/h1-16,21-22,32H,17-20,23H2,(H,33,35)(H,34,36). The van der Waals surface area contributed by atoms with E-state index in [9.17, 15) is 9.59 Å². The largest absolute Gasteiger partial charge is 0.490 e. The highest BCUT2D eigenvalue weighted by atomic mass is 16.5. The molecule has 0 fully saturated rings. The molecule has 0 aromatic heterocycles. The van der Waals surface area contributed by atoms with Crippen LogP contribution in [0.5, 0.6) is 11.5 Å². The van der Waals surface area contributed by atoms with E-state index in [2.05, 4.69) is 16.0 Å². The van der Waals surface area contributed by atoms with Crippen LogP contribution in [-0.4, -0.2) is 31.6 Å². The molecule has 0 aliphatic rings. The van der Waals surface area contributed by atoms with Crippen LogP contribution < -0.4 is 25.4 Å². The predicted octanol–water partition coefficient (Wildman–Crippen LogP) is 5.77. The summed E-state index contributed by atoms with van der Waals surface area (Å²) in [5.41, 5.74) is 3.17. The fraction of sp³-hybridized carbons (Fsp3) is 0.161. The minimum Gasteiger partial charge on any atom is -0.490 e. The first-order chi connectivity index (χ1) is 18.6. The monoisotopic (exact) mass is 509 g/mol. The van der Waals surface area contributed by atoms with E-state index in [1.54, 1.807) is 18.2 Å². The fourth-order valence-corrected chi connectivity index (χ4v) is 3.72. The van der Waals surface area contributed by atoms with Gasteiger partial charge in [0, 0.05) is 29.5 Å². The maximum absolute atomic E-state index is 12.5. The van der Waals surface area contributed by atoms with E-state index in [-0.39, 0.29) is 18.4 Å². The summed E-state index contributed by atoms with van der Waals surface area (Å²) in [4.78, 5) is 24.8. The second-order valence-corrected chi connectivity index (χ2v) is 8.55. The molecule has 194 valence electrons. The molecule has 0 saturated heterocycles. The third kappa shape index (κ3) is 9.02. The molecule has 38 heavy (non-hydrogen) atoms. The maximum Gasteiger partial charge on any atom is 0.243 e. The van der Waals surface area contributed by atoms with Crippen molar-refractivity contribution >= 4 is 28.9 Å². The zero-order valence-corrected chi connectivity index (χ0v) is 21.1. The van der Waals surface area contributed by atoms with Gasteiger partial charge < -0.3 is 25.4 Å². The second kappa shape index (κ2) is 14.1. The fourth-order valence-electron chi connectivity index (χ4n) is 3.72. The molecule has 4 aromatic rings. The van der Waals surface area contributed by atoms with Crippen LogP contribution in [-0.2, 0) is 16.0 Å². The Kier molecular flexibility index (Phi) is 9.74. The van der Waals surface area contributed by atoms with Gasteiger partial charge in [0.1, 0.15) is 24.7 Å². The summed E-state index contributed by atoms with van der Waals surface area (Å²) in [6.45, 7) is 0.867. The van der Waals surface area contributed by atoms with Gasteiger partial charge in [-0.15, -0.1) is 0 Å². The minimum atomic E-state index is -0.202. The first kappa shape index (κ1) is 26.3. The summed E-state index contributed by atoms with van der Waals surface area (Å²) in [6.07, 6.45) is 1.07. The van der Waals surface area contributed by atoms with Gasteiger partial charge in [-0.05, 0) is 54.4 Å². The van der Waals surface area contributed by atoms with Gasteiger partial charge in [0.05, 0.1) is 6.54 Å². The lowest BCUT2D eigenvalue weighted by Gasteiger charge is -2.12. The molecular formula is C31H31N3O4.